The Morgan fingerprint density at radius 3 is 1.86 bits per heavy atom. The molecular formula is C4H7F3O5S2. The molecule has 0 saturated heterocycles. The zero-order valence-electron chi connectivity index (χ0n) is 6.91. The first-order valence-corrected chi connectivity index (χ1v) is 6.67. The van der Waals surface area contributed by atoms with Crippen LogP contribution in [-0.4, -0.2) is 41.0 Å². The highest BCUT2D eigenvalue weighted by atomic mass is 32.3. The monoisotopic (exact) mass is 256 g/mol. The lowest BCUT2D eigenvalue weighted by Gasteiger charge is -2.06. The molecule has 0 rings (SSSR count). The molecule has 0 aliphatic rings. The van der Waals surface area contributed by atoms with Crippen LogP contribution in [0.4, 0.5) is 13.2 Å². The van der Waals surface area contributed by atoms with Gasteiger partial charge in [-0.2, -0.15) is 21.6 Å². The Kier molecular flexibility index (Phi) is 3.93. The zero-order valence-corrected chi connectivity index (χ0v) is 8.54. The third-order valence-corrected chi connectivity index (χ3v) is 4.10. The molecule has 0 aromatic heterocycles. The highest BCUT2D eigenvalue weighted by Crippen LogP contribution is 2.16. The lowest BCUT2D eigenvalue weighted by Crippen LogP contribution is -2.24. The molecule has 0 amide bonds. The van der Waals surface area contributed by atoms with Crippen molar-refractivity contribution < 1.29 is 34.2 Å². The average Bonchev–Trinajstić information content (AvgIpc) is 1.76. The van der Waals surface area contributed by atoms with Crippen LogP contribution in [0, 0.1) is 0 Å². The Morgan fingerprint density at radius 1 is 1.14 bits per heavy atom. The molecule has 0 spiro atoms. The molecule has 0 fully saturated rings. The molecule has 0 N–H and O–H groups in total. The van der Waals surface area contributed by atoms with Gasteiger partial charge in [0.05, 0.1) is 0 Å². The molecule has 14 heavy (non-hydrogen) atoms. The number of sulfone groups is 1. The largest absolute Gasteiger partial charge is 0.413 e. The number of rotatable bonds is 4. The highest BCUT2D eigenvalue weighted by Gasteiger charge is 2.32. The summed E-state index contributed by atoms with van der Waals surface area (Å²) in [5.41, 5.74) is 0. The van der Waals surface area contributed by atoms with Crippen LogP contribution in [0.3, 0.4) is 0 Å². The van der Waals surface area contributed by atoms with Gasteiger partial charge in [0, 0.05) is 6.26 Å². The van der Waals surface area contributed by atoms with Gasteiger partial charge in [0.2, 0.25) is 0 Å². The van der Waals surface area contributed by atoms with Gasteiger partial charge in [0.1, 0.15) is 0 Å². The summed E-state index contributed by atoms with van der Waals surface area (Å²) >= 11 is 0. The van der Waals surface area contributed by atoms with Gasteiger partial charge in [-0.05, 0) is 0 Å². The SMILES string of the molecule is CS(=O)(=O)CS(=O)(=O)OCC(F)(F)F. The molecular weight excluding hydrogens is 249 g/mol. The second-order valence-electron chi connectivity index (χ2n) is 2.48. The first kappa shape index (κ1) is 13.7. The van der Waals surface area contributed by atoms with Crippen LogP contribution >= 0.6 is 0 Å². The van der Waals surface area contributed by atoms with E-state index in [2.05, 4.69) is 4.18 Å². The van der Waals surface area contributed by atoms with E-state index in [9.17, 15) is 30.0 Å². The van der Waals surface area contributed by atoms with E-state index < -0.39 is 37.8 Å². The fraction of sp³-hybridized carbons (Fsp3) is 1.00. The van der Waals surface area contributed by atoms with Gasteiger partial charge >= 0.3 is 6.18 Å². The smallest absolute Gasteiger partial charge is 0.260 e. The number of halogens is 3. The minimum Gasteiger partial charge on any atom is -0.260 e. The van der Waals surface area contributed by atoms with Crippen LogP contribution in [-0.2, 0) is 24.1 Å². The molecule has 0 saturated carbocycles. The maximum Gasteiger partial charge on any atom is 0.413 e. The third kappa shape index (κ3) is 8.26. The summed E-state index contributed by atoms with van der Waals surface area (Å²) in [6.07, 6.45) is -4.24. The van der Waals surface area contributed by atoms with Crippen LogP contribution in [0.1, 0.15) is 0 Å². The second-order valence-corrected chi connectivity index (χ2v) is 6.62. The summed E-state index contributed by atoms with van der Waals surface area (Å²) in [6, 6.07) is 0. The van der Waals surface area contributed by atoms with Crippen molar-refractivity contribution in [1.82, 2.24) is 0 Å². The number of hydrogen-bond donors (Lipinski definition) is 0. The van der Waals surface area contributed by atoms with E-state index in [1.165, 1.54) is 0 Å². The Morgan fingerprint density at radius 2 is 1.57 bits per heavy atom. The normalized spacial score (nSPS) is 14.3. The topological polar surface area (TPSA) is 77.5 Å². The van der Waals surface area contributed by atoms with E-state index in [1.807, 2.05) is 0 Å². The summed E-state index contributed by atoms with van der Waals surface area (Å²) in [6.45, 7) is -2.02. The lowest BCUT2D eigenvalue weighted by atomic mass is 10.7. The number of alkyl halides is 3. The summed E-state index contributed by atoms with van der Waals surface area (Å²) < 4.78 is 79.9. The van der Waals surface area contributed by atoms with Crippen molar-refractivity contribution in [3.8, 4) is 0 Å². The van der Waals surface area contributed by atoms with Gasteiger partial charge in [-0.15, -0.1) is 0 Å². The van der Waals surface area contributed by atoms with Crippen LogP contribution in [0.25, 0.3) is 0 Å². The molecule has 0 aromatic rings. The molecule has 0 aliphatic carbocycles. The van der Waals surface area contributed by atoms with Gasteiger partial charge in [0.25, 0.3) is 10.1 Å². The van der Waals surface area contributed by atoms with Crippen molar-refractivity contribution in [2.24, 2.45) is 0 Å². The molecule has 0 heterocycles. The standard InChI is InChI=1S/C4H7F3O5S2/c1-13(8,9)3-14(10,11)12-2-4(5,6)7/h2-3H2,1H3. The fourth-order valence-corrected chi connectivity index (χ4v) is 3.14. The zero-order chi connectivity index (χ0) is 11.6. The molecule has 0 aliphatic heterocycles. The first-order chi connectivity index (χ1) is 5.91. The Labute approximate surface area is 78.9 Å². The van der Waals surface area contributed by atoms with E-state index in [-0.39, 0.29) is 0 Å². The maximum atomic E-state index is 11.5. The van der Waals surface area contributed by atoms with Crippen LogP contribution < -0.4 is 0 Å². The summed E-state index contributed by atoms with van der Waals surface area (Å²) in [7, 11) is -8.61. The third-order valence-electron chi connectivity index (χ3n) is 0.761. The summed E-state index contributed by atoms with van der Waals surface area (Å²) in [5, 5.41) is -1.46. The van der Waals surface area contributed by atoms with Gasteiger partial charge in [-0.1, -0.05) is 0 Å². The van der Waals surface area contributed by atoms with Crippen LogP contribution in [0.2, 0.25) is 0 Å². The Balaban J connectivity index is 4.40. The van der Waals surface area contributed by atoms with Crippen molar-refractivity contribution in [1.29, 1.82) is 0 Å². The van der Waals surface area contributed by atoms with Crippen LogP contribution in [0.5, 0.6) is 0 Å². The van der Waals surface area contributed by atoms with Gasteiger partial charge < -0.3 is 0 Å². The Hall–Kier alpha value is -0.350. The van der Waals surface area contributed by atoms with Crippen molar-refractivity contribution >= 4 is 20.0 Å². The maximum absolute atomic E-state index is 11.5. The van der Waals surface area contributed by atoms with E-state index in [1.54, 1.807) is 0 Å². The van der Waals surface area contributed by atoms with Crippen molar-refractivity contribution in [3.05, 3.63) is 0 Å². The first-order valence-electron chi connectivity index (χ1n) is 3.03. The molecule has 0 unspecified atom stereocenters. The molecule has 0 aromatic carbocycles. The average molecular weight is 256 g/mol. The van der Waals surface area contributed by atoms with Crippen LogP contribution in [0.15, 0.2) is 0 Å². The predicted molar refractivity (Wildman–Crippen MR) is 40.6 cm³/mol. The van der Waals surface area contributed by atoms with E-state index in [4.69, 9.17) is 0 Å². The molecule has 10 heteroatoms. The van der Waals surface area contributed by atoms with Gasteiger partial charge in [-0.3, -0.25) is 4.18 Å². The molecule has 0 atom stereocenters. The van der Waals surface area contributed by atoms with Crippen molar-refractivity contribution in [2.45, 2.75) is 6.18 Å². The number of hydrogen-bond acceptors (Lipinski definition) is 5. The van der Waals surface area contributed by atoms with E-state index >= 15 is 0 Å². The van der Waals surface area contributed by atoms with E-state index in [0.717, 1.165) is 0 Å². The van der Waals surface area contributed by atoms with Crippen molar-refractivity contribution in [2.75, 3.05) is 17.9 Å². The lowest BCUT2D eigenvalue weighted by molar-refractivity contribution is -0.152. The van der Waals surface area contributed by atoms with Gasteiger partial charge in [-0.25, -0.2) is 8.42 Å². The molecule has 86 valence electrons. The molecule has 0 bridgehead atoms. The second kappa shape index (κ2) is 4.03. The minimum atomic E-state index is -4.81. The van der Waals surface area contributed by atoms with Crippen molar-refractivity contribution in [3.63, 3.8) is 0 Å². The van der Waals surface area contributed by atoms with E-state index in [0.29, 0.717) is 6.26 Å². The summed E-state index contributed by atoms with van der Waals surface area (Å²) in [4.78, 5) is 0. The Bertz CT molecular complexity index is 378. The fourth-order valence-electron chi connectivity index (χ4n) is 0.453. The molecule has 5 nitrogen and oxygen atoms in total. The molecule has 0 radical (unpaired) electrons. The summed E-state index contributed by atoms with van der Waals surface area (Å²) in [5.74, 6) is 0. The minimum absolute atomic E-state index is 0.571. The highest BCUT2D eigenvalue weighted by molar-refractivity contribution is 8.05. The quantitative estimate of drug-likeness (QED) is 0.656. The van der Waals surface area contributed by atoms with Gasteiger partial charge in [0.15, 0.2) is 21.5 Å². The predicted octanol–water partition coefficient (Wildman–Crippen LogP) is -0.103.